The van der Waals surface area contributed by atoms with Crippen molar-refractivity contribution in [3.8, 4) is 17.1 Å². The molecule has 0 aliphatic carbocycles. The quantitative estimate of drug-likeness (QED) is 0.543. The predicted molar refractivity (Wildman–Crippen MR) is 124 cm³/mol. The SMILES string of the molecule is CCC(CC)NC(=O)C1CN(CCCc2nc(-c3ccccc3)no2)c2ccccc2O1. The Kier molecular flexibility index (Phi) is 7.04. The van der Waals surface area contributed by atoms with Crippen LogP contribution in [0.2, 0.25) is 0 Å². The van der Waals surface area contributed by atoms with Crippen molar-refractivity contribution >= 4 is 11.6 Å². The number of anilines is 1. The summed E-state index contributed by atoms with van der Waals surface area (Å²) in [5.74, 6) is 1.92. The second kappa shape index (κ2) is 10.3. The van der Waals surface area contributed by atoms with Crippen molar-refractivity contribution in [3.63, 3.8) is 0 Å². The van der Waals surface area contributed by atoms with Gasteiger partial charge in [-0.1, -0.05) is 61.5 Å². The maximum absolute atomic E-state index is 12.8. The highest BCUT2D eigenvalue weighted by atomic mass is 16.5. The number of benzene rings is 2. The number of hydrogen-bond acceptors (Lipinski definition) is 6. The number of carbonyl (C=O) groups excluding carboxylic acids is 1. The highest BCUT2D eigenvalue weighted by Gasteiger charge is 2.31. The van der Waals surface area contributed by atoms with Crippen LogP contribution in [0.5, 0.6) is 5.75 Å². The van der Waals surface area contributed by atoms with Crippen LogP contribution in [-0.2, 0) is 11.2 Å². The van der Waals surface area contributed by atoms with Crippen LogP contribution in [0.15, 0.2) is 59.1 Å². The molecule has 2 heterocycles. The third-order valence-corrected chi connectivity index (χ3v) is 5.80. The maximum Gasteiger partial charge on any atom is 0.263 e. The number of rotatable bonds is 9. The zero-order valence-electron chi connectivity index (χ0n) is 18.7. The first-order valence-electron chi connectivity index (χ1n) is 11.4. The minimum Gasteiger partial charge on any atom is -0.477 e. The van der Waals surface area contributed by atoms with E-state index >= 15 is 0 Å². The highest BCUT2D eigenvalue weighted by molar-refractivity contribution is 5.83. The molecular formula is C25H30N4O3. The van der Waals surface area contributed by atoms with Gasteiger partial charge in [0.15, 0.2) is 6.10 Å². The third-order valence-electron chi connectivity index (χ3n) is 5.80. The molecule has 0 saturated heterocycles. The van der Waals surface area contributed by atoms with Crippen LogP contribution in [0.1, 0.15) is 39.0 Å². The van der Waals surface area contributed by atoms with Crippen LogP contribution in [0, 0.1) is 0 Å². The van der Waals surface area contributed by atoms with Crippen molar-refractivity contribution in [2.75, 3.05) is 18.0 Å². The van der Waals surface area contributed by atoms with Crippen molar-refractivity contribution in [3.05, 3.63) is 60.5 Å². The number of para-hydroxylation sites is 2. The third kappa shape index (κ3) is 5.10. The minimum absolute atomic E-state index is 0.0531. The molecule has 1 aliphatic heterocycles. The Morgan fingerprint density at radius 1 is 1.12 bits per heavy atom. The molecule has 1 amide bonds. The number of aromatic nitrogens is 2. The lowest BCUT2D eigenvalue weighted by molar-refractivity contribution is -0.128. The number of nitrogens with one attached hydrogen (secondary N) is 1. The van der Waals surface area contributed by atoms with Crippen LogP contribution >= 0.6 is 0 Å². The Morgan fingerprint density at radius 3 is 2.66 bits per heavy atom. The Labute approximate surface area is 188 Å². The van der Waals surface area contributed by atoms with Gasteiger partial charge in [-0.15, -0.1) is 0 Å². The predicted octanol–water partition coefficient (Wildman–Crippen LogP) is 4.24. The van der Waals surface area contributed by atoms with Gasteiger partial charge in [0.25, 0.3) is 5.91 Å². The number of hydrogen-bond donors (Lipinski definition) is 1. The standard InChI is InChI=1S/C25H30N4O3/c1-3-19(4-2)26-25(30)22-17-29(20-13-8-9-14-21(20)31-22)16-10-15-23-27-24(28-32-23)18-11-6-5-7-12-18/h5-9,11-14,19,22H,3-4,10,15-17H2,1-2H3,(H,26,30). The van der Waals surface area contributed by atoms with Crippen molar-refractivity contribution in [2.45, 2.75) is 51.7 Å². The molecule has 1 unspecified atom stereocenters. The van der Waals surface area contributed by atoms with Crippen molar-refractivity contribution < 1.29 is 14.1 Å². The van der Waals surface area contributed by atoms with E-state index in [9.17, 15) is 4.79 Å². The van der Waals surface area contributed by atoms with Gasteiger partial charge in [0.05, 0.1) is 12.2 Å². The van der Waals surface area contributed by atoms with Gasteiger partial charge in [0, 0.05) is 24.6 Å². The molecule has 32 heavy (non-hydrogen) atoms. The van der Waals surface area contributed by atoms with Gasteiger partial charge < -0.3 is 19.5 Å². The molecule has 3 aromatic rings. The second-order valence-corrected chi connectivity index (χ2v) is 8.02. The van der Waals surface area contributed by atoms with Crippen molar-refractivity contribution in [2.24, 2.45) is 0 Å². The molecule has 0 saturated carbocycles. The lowest BCUT2D eigenvalue weighted by Crippen LogP contribution is -2.51. The van der Waals surface area contributed by atoms with E-state index in [0.717, 1.165) is 42.8 Å². The number of nitrogens with zero attached hydrogens (tertiary/aromatic N) is 3. The molecular weight excluding hydrogens is 404 g/mol. The molecule has 4 rings (SSSR count). The lowest BCUT2D eigenvalue weighted by atomic mass is 10.1. The average molecular weight is 435 g/mol. The van der Waals surface area contributed by atoms with E-state index in [1.165, 1.54) is 0 Å². The number of aryl methyl sites for hydroxylation is 1. The zero-order valence-corrected chi connectivity index (χ0v) is 18.7. The fraction of sp³-hybridized carbons (Fsp3) is 0.400. The molecule has 7 nitrogen and oxygen atoms in total. The fourth-order valence-corrected chi connectivity index (χ4v) is 3.92. The van der Waals surface area contributed by atoms with Gasteiger partial charge in [-0.25, -0.2) is 0 Å². The molecule has 168 valence electrons. The van der Waals surface area contributed by atoms with E-state index in [4.69, 9.17) is 9.26 Å². The Bertz CT molecular complexity index is 1020. The van der Waals surface area contributed by atoms with E-state index in [-0.39, 0.29) is 11.9 Å². The maximum atomic E-state index is 12.8. The zero-order chi connectivity index (χ0) is 22.3. The molecule has 1 aromatic heterocycles. The topological polar surface area (TPSA) is 80.5 Å². The van der Waals surface area contributed by atoms with Crippen molar-refractivity contribution in [1.29, 1.82) is 0 Å². The number of fused-ring (bicyclic) bond motifs is 1. The number of ether oxygens (including phenoxy) is 1. The summed E-state index contributed by atoms with van der Waals surface area (Å²) in [4.78, 5) is 19.5. The minimum atomic E-state index is -0.529. The van der Waals surface area contributed by atoms with E-state index in [1.807, 2.05) is 54.6 Å². The molecule has 1 atom stereocenters. The van der Waals surface area contributed by atoms with Gasteiger partial charge in [0.1, 0.15) is 5.75 Å². The van der Waals surface area contributed by atoms with Gasteiger partial charge >= 0.3 is 0 Å². The summed E-state index contributed by atoms with van der Waals surface area (Å²) in [6.45, 7) is 5.44. The first-order chi connectivity index (χ1) is 15.7. The summed E-state index contributed by atoms with van der Waals surface area (Å²) >= 11 is 0. The summed E-state index contributed by atoms with van der Waals surface area (Å²) in [6.07, 6.45) is 2.78. The fourth-order valence-electron chi connectivity index (χ4n) is 3.92. The Morgan fingerprint density at radius 2 is 1.88 bits per heavy atom. The molecule has 1 aliphatic rings. The summed E-state index contributed by atoms with van der Waals surface area (Å²) in [7, 11) is 0. The van der Waals surface area contributed by atoms with Gasteiger partial charge in [-0.3, -0.25) is 4.79 Å². The van der Waals surface area contributed by atoms with E-state index in [1.54, 1.807) is 0 Å². The molecule has 1 N–H and O–H groups in total. The first-order valence-corrected chi connectivity index (χ1v) is 11.4. The lowest BCUT2D eigenvalue weighted by Gasteiger charge is -2.36. The monoisotopic (exact) mass is 434 g/mol. The summed E-state index contributed by atoms with van der Waals surface area (Å²) in [5.41, 5.74) is 1.95. The summed E-state index contributed by atoms with van der Waals surface area (Å²) < 4.78 is 11.5. The molecule has 0 bridgehead atoms. The van der Waals surface area contributed by atoms with Crippen LogP contribution in [0.4, 0.5) is 5.69 Å². The molecule has 0 spiro atoms. The second-order valence-electron chi connectivity index (χ2n) is 8.02. The van der Waals surface area contributed by atoms with E-state index in [0.29, 0.717) is 24.7 Å². The highest BCUT2D eigenvalue weighted by Crippen LogP contribution is 2.33. The largest absolute Gasteiger partial charge is 0.477 e. The van der Waals surface area contributed by atoms with E-state index < -0.39 is 6.10 Å². The van der Waals surface area contributed by atoms with Gasteiger partial charge in [-0.2, -0.15) is 4.98 Å². The summed E-state index contributed by atoms with van der Waals surface area (Å²) in [6, 6.07) is 17.8. The first kappa shape index (κ1) is 21.9. The average Bonchev–Trinajstić information content (AvgIpc) is 3.31. The van der Waals surface area contributed by atoms with Gasteiger partial charge in [0.2, 0.25) is 11.7 Å². The number of amides is 1. The van der Waals surface area contributed by atoms with E-state index in [2.05, 4.69) is 34.2 Å². The molecule has 7 heteroatoms. The molecule has 0 fully saturated rings. The Hall–Kier alpha value is -3.35. The molecule has 2 aromatic carbocycles. The Balaban J connectivity index is 1.39. The normalized spacial score (nSPS) is 15.3. The van der Waals surface area contributed by atoms with Crippen LogP contribution < -0.4 is 15.0 Å². The van der Waals surface area contributed by atoms with Crippen molar-refractivity contribution in [1.82, 2.24) is 15.5 Å². The van der Waals surface area contributed by atoms with Crippen LogP contribution in [0.25, 0.3) is 11.4 Å². The van der Waals surface area contributed by atoms with Crippen LogP contribution in [0.3, 0.4) is 0 Å². The number of carbonyl (C=O) groups is 1. The van der Waals surface area contributed by atoms with Gasteiger partial charge in [-0.05, 0) is 31.4 Å². The smallest absolute Gasteiger partial charge is 0.263 e. The molecule has 0 radical (unpaired) electrons. The summed E-state index contributed by atoms with van der Waals surface area (Å²) in [5, 5.41) is 7.21. The van der Waals surface area contributed by atoms with Crippen LogP contribution in [-0.4, -0.2) is 41.3 Å².